The average Bonchev–Trinajstić information content (AvgIpc) is 2.85. The van der Waals surface area contributed by atoms with Gasteiger partial charge in [0.05, 0.1) is 15.4 Å². The third kappa shape index (κ3) is 4.83. The van der Waals surface area contributed by atoms with Crippen LogP contribution in [0.4, 0.5) is 5.69 Å². The van der Waals surface area contributed by atoms with Crippen molar-refractivity contribution >= 4 is 39.2 Å². The number of hydrogen-bond donors (Lipinski definition) is 0. The third-order valence-electron chi connectivity index (χ3n) is 5.13. The van der Waals surface area contributed by atoms with Crippen LogP contribution in [-0.4, -0.2) is 10.5 Å². The quantitative estimate of drug-likeness (QED) is 0.312. The maximum Gasteiger partial charge on any atom is 0.164 e. The monoisotopic (exact) mass is 457 g/mol. The molecule has 5 heteroatoms. The number of nitrogens with zero attached hydrogens (tertiary/aromatic N) is 1. The lowest BCUT2D eigenvalue weighted by molar-refractivity contribution is 0.592. The first-order valence-electron chi connectivity index (χ1n) is 10.3. The van der Waals surface area contributed by atoms with Gasteiger partial charge in [0.25, 0.3) is 0 Å². The normalized spacial score (nSPS) is 13.5. The highest BCUT2D eigenvalue weighted by Crippen LogP contribution is 2.45. The molecule has 4 aromatic carbocycles. The largest absolute Gasteiger partial charge is 0.309 e. The molecule has 32 heavy (non-hydrogen) atoms. The molecule has 0 aliphatic carbocycles. The zero-order valence-electron chi connectivity index (χ0n) is 17.7. The molecule has 0 spiro atoms. The standard InChI is InChI=1S/C27H24NO2PS/c1-32(30,26-18-9-4-10-19-26)28-27-20-12-11-13-23(27)21-22-31(29,24-14-5-2-6-15-24)25-16-7-3-8-17-25/h2-22H,1H3/b22-21+/t32-/m0/s1. The second kappa shape index (κ2) is 9.52. The van der Waals surface area contributed by atoms with Crippen molar-refractivity contribution in [3.05, 3.63) is 127 Å². The van der Waals surface area contributed by atoms with Crippen molar-refractivity contribution in [1.29, 1.82) is 0 Å². The van der Waals surface area contributed by atoms with Gasteiger partial charge in [-0.05, 0) is 30.1 Å². The molecule has 0 saturated carbocycles. The highest BCUT2D eigenvalue weighted by atomic mass is 32.2. The maximum absolute atomic E-state index is 14.2. The summed E-state index contributed by atoms with van der Waals surface area (Å²) in [4.78, 5) is 0.679. The molecule has 0 fully saturated rings. The fraction of sp³-hybridized carbons (Fsp3) is 0.0370. The minimum Gasteiger partial charge on any atom is -0.309 e. The van der Waals surface area contributed by atoms with Gasteiger partial charge in [-0.2, -0.15) is 4.36 Å². The van der Waals surface area contributed by atoms with Crippen LogP contribution in [0.25, 0.3) is 6.08 Å². The van der Waals surface area contributed by atoms with Crippen LogP contribution in [0.5, 0.6) is 0 Å². The SMILES string of the molecule is C[S@@](=O)(=Nc1ccccc1/C=C/P(=O)(c1ccccc1)c1ccccc1)c1ccccc1. The van der Waals surface area contributed by atoms with Crippen LogP contribution in [-0.2, 0) is 14.3 Å². The molecule has 1 atom stereocenters. The lowest BCUT2D eigenvalue weighted by Crippen LogP contribution is -2.13. The van der Waals surface area contributed by atoms with Gasteiger partial charge in [0.1, 0.15) is 0 Å². The smallest absolute Gasteiger partial charge is 0.164 e. The molecule has 0 aliphatic heterocycles. The van der Waals surface area contributed by atoms with Crippen molar-refractivity contribution in [2.45, 2.75) is 4.90 Å². The van der Waals surface area contributed by atoms with E-state index in [0.29, 0.717) is 10.6 Å². The Labute approximate surface area is 190 Å². The molecule has 3 nitrogen and oxygen atoms in total. The summed E-state index contributed by atoms with van der Waals surface area (Å²) < 4.78 is 32.1. The first-order valence-corrected chi connectivity index (χ1v) is 14.0. The molecule has 0 bridgehead atoms. The first kappa shape index (κ1) is 22.0. The Morgan fingerprint density at radius 2 is 1.16 bits per heavy atom. The van der Waals surface area contributed by atoms with E-state index in [2.05, 4.69) is 4.36 Å². The molecule has 0 aromatic heterocycles. The summed E-state index contributed by atoms with van der Waals surface area (Å²) in [5, 5.41) is 1.53. The number of benzene rings is 4. The Morgan fingerprint density at radius 3 is 1.72 bits per heavy atom. The second-order valence-electron chi connectivity index (χ2n) is 7.41. The Kier molecular flexibility index (Phi) is 6.55. The molecule has 160 valence electrons. The summed E-state index contributed by atoms with van der Waals surface area (Å²) in [6.45, 7) is 0. The van der Waals surface area contributed by atoms with E-state index < -0.39 is 16.9 Å². The fourth-order valence-electron chi connectivity index (χ4n) is 3.43. The molecule has 4 aromatic rings. The predicted octanol–water partition coefficient (Wildman–Crippen LogP) is 6.46. The summed E-state index contributed by atoms with van der Waals surface area (Å²) in [6.07, 6.45) is 3.47. The Bertz CT molecular complexity index is 1350. The van der Waals surface area contributed by atoms with Crippen LogP contribution in [0.15, 0.2) is 130 Å². The van der Waals surface area contributed by atoms with Crippen LogP contribution in [0.1, 0.15) is 5.56 Å². The predicted molar refractivity (Wildman–Crippen MR) is 136 cm³/mol. The minimum absolute atomic E-state index is 0.604. The Morgan fingerprint density at radius 1 is 0.688 bits per heavy atom. The van der Waals surface area contributed by atoms with Crippen LogP contribution in [0.3, 0.4) is 0 Å². The summed E-state index contributed by atoms with van der Waals surface area (Å²) in [5.74, 6) is 1.77. The van der Waals surface area contributed by atoms with E-state index in [1.54, 1.807) is 12.1 Å². The van der Waals surface area contributed by atoms with Gasteiger partial charge in [-0.15, -0.1) is 0 Å². The summed E-state index contributed by atoms with van der Waals surface area (Å²) in [5.41, 5.74) is 1.37. The van der Waals surface area contributed by atoms with E-state index in [1.807, 2.05) is 121 Å². The topological polar surface area (TPSA) is 46.5 Å². The summed E-state index contributed by atoms with van der Waals surface area (Å²) >= 11 is 0. The van der Waals surface area contributed by atoms with E-state index in [0.717, 1.165) is 16.2 Å². The Hall–Kier alpha value is -3.20. The lowest BCUT2D eigenvalue weighted by Gasteiger charge is -2.15. The van der Waals surface area contributed by atoms with Crippen LogP contribution in [0, 0.1) is 0 Å². The molecular formula is C27H24NO2PS. The zero-order chi connectivity index (χ0) is 22.4. The average molecular weight is 458 g/mol. The molecule has 4 rings (SSSR count). The van der Waals surface area contributed by atoms with Gasteiger partial charge >= 0.3 is 0 Å². The first-order chi connectivity index (χ1) is 15.5. The van der Waals surface area contributed by atoms with E-state index in [9.17, 15) is 8.77 Å². The molecule has 0 heterocycles. The Balaban J connectivity index is 1.80. The fourth-order valence-corrected chi connectivity index (χ4v) is 6.98. The van der Waals surface area contributed by atoms with E-state index in [-0.39, 0.29) is 0 Å². The summed E-state index contributed by atoms with van der Waals surface area (Å²) in [6, 6.07) is 35.7. The highest BCUT2D eigenvalue weighted by Gasteiger charge is 2.23. The van der Waals surface area contributed by atoms with Crippen LogP contribution < -0.4 is 10.6 Å². The second-order valence-corrected chi connectivity index (χ2v) is 12.3. The molecule has 0 N–H and O–H groups in total. The molecule has 0 saturated heterocycles. The van der Waals surface area contributed by atoms with Crippen molar-refractivity contribution in [1.82, 2.24) is 0 Å². The van der Waals surface area contributed by atoms with Crippen LogP contribution in [0.2, 0.25) is 0 Å². The number of hydrogen-bond acceptors (Lipinski definition) is 3. The third-order valence-corrected chi connectivity index (χ3v) is 9.52. The number of rotatable bonds is 6. The van der Waals surface area contributed by atoms with E-state index in [4.69, 9.17) is 0 Å². The van der Waals surface area contributed by atoms with Crippen molar-refractivity contribution in [2.75, 3.05) is 6.26 Å². The van der Waals surface area contributed by atoms with Crippen LogP contribution >= 0.6 is 7.14 Å². The zero-order valence-corrected chi connectivity index (χ0v) is 19.5. The summed E-state index contributed by atoms with van der Waals surface area (Å²) in [7, 11) is -5.63. The highest BCUT2D eigenvalue weighted by molar-refractivity contribution is 7.93. The van der Waals surface area contributed by atoms with Gasteiger partial charge in [0.15, 0.2) is 7.14 Å². The lowest BCUT2D eigenvalue weighted by atomic mass is 10.2. The van der Waals surface area contributed by atoms with Crippen molar-refractivity contribution in [3.63, 3.8) is 0 Å². The van der Waals surface area contributed by atoms with Crippen molar-refractivity contribution in [2.24, 2.45) is 4.36 Å². The minimum atomic E-state index is -3.01. The maximum atomic E-state index is 14.2. The van der Waals surface area contributed by atoms with Gasteiger partial charge in [0.2, 0.25) is 0 Å². The molecule has 0 radical (unpaired) electrons. The van der Waals surface area contributed by atoms with Crippen molar-refractivity contribution in [3.8, 4) is 0 Å². The van der Waals surface area contributed by atoms with Gasteiger partial charge in [0, 0.05) is 27.3 Å². The molecule has 0 aliphatic rings. The molecule has 0 unspecified atom stereocenters. The van der Waals surface area contributed by atoms with E-state index >= 15 is 0 Å². The molecule has 0 amide bonds. The van der Waals surface area contributed by atoms with E-state index in [1.165, 1.54) is 0 Å². The van der Waals surface area contributed by atoms with Gasteiger partial charge in [-0.3, -0.25) is 0 Å². The van der Waals surface area contributed by atoms with Gasteiger partial charge < -0.3 is 4.57 Å². The molecular weight excluding hydrogens is 433 g/mol. The van der Waals surface area contributed by atoms with Crippen molar-refractivity contribution < 1.29 is 8.77 Å². The van der Waals surface area contributed by atoms with Gasteiger partial charge in [-0.1, -0.05) is 97.1 Å². The van der Waals surface area contributed by atoms with Gasteiger partial charge in [-0.25, -0.2) is 4.21 Å².